The number of carbonyl (C=O) groups is 2. The Bertz CT molecular complexity index is 454. The van der Waals surface area contributed by atoms with Crippen molar-refractivity contribution in [1.29, 1.82) is 0 Å². The highest BCUT2D eigenvalue weighted by atomic mass is 19.4. The van der Waals surface area contributed by atoms with Gasteiger partial charge < -0.3 is 9.47 Å². The molecule has 0 aliphatic carbocycles. The van der Waals surface area contributed by atoms with Crippen LogP contribution in [0.3, 0.4) is 0 Å². The van der Waals surface area contributed by atoms with E-state index in [2.05, 4.69) is 9.47 Å². The second-order valence-corrected chi connectivity index (χ2v) is 3.14. The first-order chi connectivity index (χ1) is 8.34. The van der Waals surface area contributed by atoms with Crippen LogP contribution in [0.15, 0.2) is 24.3 Å². The molecule has 0 atom stereocenters. The molecule has 18 heavy (non-hydrogen) atoms. The Balaban J connectivity index is 2.83. The van der Waals surface area contributed by atoms with Gasteiger partial charge in [0.2, 0.25) is 0 Å². The average molecular weight is 262 g/mol. The van der Waals surface area contributed by atoms with E-state index in [9.17, 15) is 22.8 Å². The molecule has 0 fully saturated rings. The molecule has 98 valence electrons. The fraction of sp³-hybridized carbons (Fsp3) is 0.273. The van der Waals surface area contributed by atoms with Crippen molar-refractivity contribution in [3.05, 3.63) is 29.8 Å². The molecule has 1 rings (SSSR count). The molecule has 0 saturated heterocycles. The lowest BCUT2D eigenvalue weighted by Gasteiger charge is -2.07. The molecule has 4 nitrogen and oxygen atoms in total. The zero-order valence-corrected chi connectivity index (χ0v) is 9.28. The molecule has 0 radical (unpaired) electrons. The minimum absolute atomic E-state index is 0.00400. The van der Waals surface area contributed by atoms with E-state index in [1.807, 2.05) is 0 Å². The number of hydrogen-bond acceptors (Lipinski definition) is 4. The fourth-order valence-electron chi connectivity index (χ4n) is 1.07. The predicted octanol–water partition coefficient (Wildman–Crippen LogP) is 2.33. The molecule has 0 unspecified atom stereocenters. The lowest BCUT2D eigenvalue weighted by Crippen LogP contribution is -2.28. The summed E-state index contributed by atoms with van der Waals surface area (Å²) in [5.74, 6) is -3.42. The number of rotatable bonds is 3. The summed E-state index contributed by atoms with van der Waals surface area (Å²) in [7, 11) is 0. The minimum Gasteiger partial charge on any atom is -0.462 e. The molecular weight excluding hydrogens is 253 g/mol. The first-order valence-corrected chi connectivity index (χ1v) is 4.90. The van der Waals surface area contributed by atoms with Crippen molar-refractivity contribution in [1.82, 2.24) is 0 Å². The fourth-order valence-corrected chi connectivity index (χ4v) is 1.07. The maximum atomic E-state index is 11.9. The zero-order valence-electron chi connectivity index (χ0n) is 9.28. The quantitative estimate of drug-likeness (QED) is 0.619. The van der Waals surface area contributed by atoms with Crippen LogP contribution in [-0.2, 0) is 9.53 Å². The smallest absolute Gasteiger partial charge is 0.462 e. The topological polar surface area (TPSA) is 52.6 Å². The summed E-state index contributed by atoms with van der Waals surface area (Å²) in [6.45, 7) is 1.72. The van der Waals surface area contributed by atoms with Crippen molar-refractivity contribution in [2.75, 3.05) is 6.61 Å². The molecule has 0 amide bonds. The molecule has 1 aromatic rings. The molecule has 0 spiro atoms. The third kappa shape index (κ3) is 3.76. The first kappa shape index (κ1) is 14.0. The van der Waals surface area contributed by atoms with Crippen LogP contribution in [0.2, 0.25) is 0 Å². The lowest BCUT2D eigenvalue weighted by molar-refractivity contribution is -0.189. The Labute approximate surface area is 100 Å². The van der Waals surface area contributed by atoms with Gasteiger partial charge in [-0.1, -0.05) is 6.07 Å². The van der Waals surface area contributed by atoms with Gasteiger partial charge in [0.15, 0.2) is 0 Å². The van der Waals surface area contributed by atoms with Gasteiger partial charge in [0.05, 0.1) is 12.2 Å². The number of hydrogen-bond donors (Lipinski definition) is 0. The summed E-state index contributed by atoms with van der Waals surface area (Å²) >= 11 is 0. The van der Waals surface area contributed by atoms with E-state index in [1.54, 1.807) is 6.92 Å². The molecule has 0 N–H and O–H groups in total. The number of carbonyl (C=O) groups excluding carboxylic acids is 2. The van der Waals surface area contributed by atoms with Gasteiger partial charge >= 0.3 is 18.1 Å². The first-order valence-electron chi connectivity index (χ1n) is 4.90. The molecule has 0 saturated carbocycles. The van der Waals surface area contributed by atoms with Crippen molar-refractivity contribution < 1.29 is 32.2 Å². The molecule has 0 heterocycles. The average Bonchev–Trinajstić information content (AvgIpc) is 2.28. The number of esters is 2. The number of alkyl halides is 3. The largest absolute Gasteiger partial charge is 0.491 e. The third-order valence-corrected chi connectivity index (χ3v) is 1.79. The van der Waals surface area contributed by atoms with Gasteiger partial charge in [-0.15, -0.1) is 0 Å². The van der Waals surface area contributed by atoms with Crippen LogP contribution in [0.25, 0.3) is 0 Å². The predicted molar refractivity (Wildman–Crippen MR) is 54.1 cm³/mol. The molecule has 0 aromatic heterocycles. The molecule has 0 bridgehead atoms. The van der Waals surface area contributed by atoms with E-state index in [4.69, 9.17) is 0 Å². The summed E-state index contributed by atoms with van der Waals surface area (Å²) in [6.07, 6.45) is -5.08. The maximum Gasteiger partial charge on any atom is 0.491 e. The minimum atomic E-state index is -5.08. The standard InChI is InChI=1S/C11H9F3O4/c1-2-17-9(15)7-4-3-5-8(6-7)18-10(16)11(12,13)14/h3-6H,2H2,1H3. The van der Waals surface area contributed by atoms with Crippen molar-refractivity contribution in [2.24, 2.45) is 0 Å². The van der Waals surface area contributed by atoms with Gasteiger partial charge in [0, 0.05) is 0 Å². The van der Waals surface area contributed by atoms with Crippen molar-refractivity contribution in [2.45, 2.75) is 13.1 Å². The Morgan fingerprint density at radius 1 is 1.28 bits per heavy atom. The molecule has 0 aliphatic heterocycles. The number of benzene rings is 1. The van der Waals surface area contributed by atoms with Crippen molar-refractivity contribution in [3.8, 4) is 5.75 Å². The van der Waals surface area contributed by atoms with E-state index in [-0.39, 0.29) is 17.9 Å². The van der Waals surface area contributed by atoms with Gasteiger partial charge in [-0.05, 0) is 25.1 Å². The SMILES string of the molecule is CCOC(=O)c1cccc(OC(=O)C(F)(F)F)c1. The summed E-state index contributed by atoms with van der Waals surface area (Å²) in [4.78, 5) is 21.9. The molecular formula is C11H9F3O4. The summed E-state index contributed by atoms with van der Waals surface area (Å²) in [5.41, 5.74) is 0.00400. The van der Waals surface area contributed by atoms with E-state index in [0.29, 0.717) is 0 Å². The highest BCUT2D eigenvalue weighted by molar-refractivity contribution is 5.90. The second kappa shape index (κ2) is 5.52. The molecule has 1 aromatic carbocycles. The van der Waals surface area contributed by atoms with Crippen LogP contribution >= 0.6 is 0 Å². The van der Waals surface area contributed by atoms with Crippen LogP contribution in [-0.4, -0.2) is 24.7 Å². The van der Waals surface area contributed by atoms with Crippen molar-refractivity contribution in [3.63, 3.8) is 0 Å². The number of halogens is 3. The second-order valence-electron chi connectivity index (χ2n) is 3.14. The van der Waals surface area contributed by atoms with Crippen LogP contribution in [0.5, 0.6) is 5.75 Å². The third-order valence-electron chi connectivity index (χ3n) is 1.79. The van der Waals surface area contributed by atoms with Gasteiger partial charge in [0.1, 0.15) is 5.75 Å². The highest BCUT2D eigenvalue weighted by Gasteiger charge is 2.41. The number of ether oxygens (including phenoxy) is 2. The van der Waals surface area contributed by atoms with Gasteiger partial charge in [0.25, 0.3) is 0 Å². The van der Waals surface area contributed by atoms with E-state index in [1.165, 1.54) is 12.1 Å². The van der Waals surface area contributed by atoms with E-state index < -0.39 is 18.1 Å². The monoisotopic (exact) mass is 262 g/mol. The Morgan fingerprint density at radius 3 is 2.50 bits per heavy atom. The van der Waals surface area contributed by atoms with E-state index in [0.717, 1.165) is 12.1 Å². The molecule has 0 aliphatic rings. The Kier molecular flexibility index (Phi) is 4.30. The summed E-state index contributed by atoms with van der Waals surface area (Å²) in [6, 6.07) is 4.75. The van der Waals surface area contributed by atoms with Crippen LogP contribution in [0, 0.1) is 0 Å². The van der Waals surface area contributed by atoms with Gasteiger partial charge in [-0.3, -0.25) is 0 Å². The maximum absolute atomic E-state index is 11.9. The molecule has 7 heteroatoms. The van der Waals surface area contributed by atoms with Gasteiger partial charge in [-0.25, -0.2) is 9.59 Å². The van der Waals surface area contributed by atoms with Crippen LogP contribution < -0.4 is 4.74 Å². The van der Waals surface area contributed by atoms with Crippen LogP contribution in [0.4, 0.5) is 13.2 Å². The van der Waals surface area contributed by atoms with E-state index >= 15 is 0 Å². The summed E-state index contributed by atoms with van der Waals surface area (Å²) < 4.78 is 44.6. The Hall–Kier alpha value is -2.05. The van der Waals surface area contributed by atoms with Gasteiger partial charge in [-0.2, -0.15) is 13.2 Å². The summed E-state index contributed by atoms with van der Waals surface area (Å²) in [5, 5.41) is 0. The Morgan fingerprint density at radius 2 is 1.94 bits per heavy atom. The van der Waals surface area contributed by atoms with Crippen LogP contribution in [0.1, 0.15) is 17.3 Å². The zero-order chi connectivity index (χ0) is 13.8. The van der Waals surface area contributed by atoms with Crippen molar-refractivity contribution >= 4 is 11.9 Å². The highest BCUT2D eigenvalue weighted by Crippen LogP contribution is 2.21. The normalized spacial score (nSPS) is 10.9. The lowest BCUT2D eigenvalue weighted by atomic mass is 10.2.